The Morgan fingerprint density at radius 1 is 1.71 bits per heavy atom. The van der Waals surface area contributed by atoms with Gasteiger partial charge >= 0.3 is 0 Å². The minimum Gasteiger partial charge on any atom is -0.317 e. The molecule has 0 spiro atoms. The average molecular weight is 122 g/mol. The summed E-state index contributed by atoms with van der Waals surface area (Å²) in [4.78, 5) is 0. The largest absolute Gasteiger partial charge is 0.317 e. The lowest BCUT2D eigenvalue weighted by molar-refractivity contribution is 0.596. The fraction of sp³-hybridized carbons (Fsp3) is 1.00. The van der Waals surface area contributed by atoms with Gasteiger partial charge in [-0.1, -0.05) is 0 Å². The third-order valence-electron chi connectivity index (χ3n) is 1.03. The minimum atomic E-state index is 0.567. The lowest BCUT2D eigenvalue weighted by atomic mass is 10.3. The maximum Gasteiger partial charge on any atom is 0.0238 e. The van der Waals surface area contributed by atoms with Crippen molar-refractivity contribution in [3.63, 3.8) is 0 Å². The Bertz CT molecular complexity index is 39.1. The molecule has 0 bridgehead atoms. The molecule has 0 amide bonds. The number of hydrogen-bond acceptors (Lipinski definition) is 1. The highest BCUT2D eigenvalue weighted by molar-refractivity contribution is 6.17. The fourth-order valence-electron chi connectivity index (χ4n) is 0.308. The van der Waals surface area contributed by atoms with Gasteiger partial charge in [0.15, 0.2) is 0 Å². The van der Waals surface area contributed by atoms with Gasteiger partial charge in [-0.25, -0.2) is 0 Å². The zero-order chi connectivity index (χ0) is 5.70. The van der Waals surface area contributed by atoms with Crippen LogP contribution < -0.4 is 5.32 Å². The van der Waals surface area contributed by atoms with Gasteiger partial charge in [0.1, 0.15) is 0 Å². The first-order chi connectivity index (χ1) is 3.31. The Kier molecular flexibility index (Phi) is 4.57. The van der Waals surface area contributed by atoms with Gasteiger partial charge in [0.2, 0.25) is 0 Å². The van der Waals surface area contributed by atoms with Crippen molar-refractivity contribution in [2.75, 3.05) is 12.9 Å². The number of hydrogen-bond donors (Lipinski definition) is 1. The topological polar surface area (TPSA) is 12.0 Å². The zero-order valence-corrected chi connectivity index (χ0v) is 5.63. The molecular formula is C5H12ClN. The first-order valence-corrected chi connectivity index (χ1v) is 3.08. The molecule has 0 fully saturated rings. The molecule has 1 nitrogen and oxygen atoms in total. The number of nitrogens with one attached hydrogen (secondary N) is 1. The standard InChI is InChI=1S/C5H12ClN/c1-5(7-2)3-4-6/h5,7H,3-4H2,1-2H3/t5-/m1/s1. The van der Waals surface area contributed by atoms with E-state index in [4.69, 9.17) is 11.6 Å². The fourth-order valence-corrected chi connectivity index (χ4v) is 0.635. The number of rotatable bonds is 3. The van der Waals surface area contributed by atoms with E-state index in [2.05, 4.69) is 12.2 Å². The second kappa shape index (κ2) is 4.41. The zero-order valence-electron chi connectivity index (χ0n) is 4.87. The van der Waals surface area contributed by atoms with Crippen molar-refractivity contribution in [2.24, 2.45) is 0 Å². The summed E-state index contributed by atoms with van der Waals surface area (Å²) in [5.74, 6) is 0.752. The molecule has 0 aromatic carbocycles. The van der Waals surface area contributed by atoms with Gasteiger partial charge in [-0.3, -0.25) is 0 Å². The van der Waals surface area contributed by atoms with Gasteiger partial charge in [0.05, 0.1) is 0 Å². The maximum absolute atomic E-state index is 5.44. The van der Waals surface area contributed by atoms with Gasteiger partial charge in [0.25, 0.3) is 0 Å². The monoisotopic (exact) mass is 121 g/mol. The van der Waals surface area contributed by atoms with Crippen LogP contribution in [0.3, 0.4) is 0 Å². The van der Waals surface area contributed by atoms with Crippen LogP contribution in [-0.2, 0) is 0 Å². The smallest absolute Gasteiger partial charge is 0.0238 e. The summed E-state index contributed by atoms with van der Waals surface area (Å²) in [6.45, 7) is 2.11. The van der Waals surface area contributed by atoms with E-state index in [1.165, 1.54) is 0 Å². The highest BCUT2D eigenvalue weighted by atomic mass is 35.5. The molecule has 0 aromatic heterocycles. The quantitative estimate of drug-likeness (QED) is 0.554. The normalized spacial score (nSPS) is 14.1. The van der Waals surface area contributed by atoms with Crippen LogP contribution in [-0.4, -0.2) is 19.0 Å². The summed E-state index contributed by atoms with van der Waals surface area (Å²) in [6.07, 6.45) is 1.05. The van der Waals surface area contributed by atoms with Crippen molar-refractivity contribution in [1.29, 1.82) is 0 Å². The first kappa shape index (κ1) is 7.25. The van der Waals surface area contributed by atoms with E-state index in [1.54, 1.807) is 0 Å². The lowest BCUT2D eigenvalue weighted by Gasteiger charge is -2.04. The molecule has 0 radical (unpaired) electrons. The summed E-state index contributed by atoms with van der Waals surface area (Å²) in [6, 6.07) is 0.567. The van der Waals surface area contributed by atoms with E-state index < -0.39 is 0 Å². The highest BCUT2D eigenvalue weighted by Gasteiger charge is 1.92. The molecular weight excluding hydrogens is 110 g/mol. The van der Waals surface area contributed by atoms with E-state index in [1.807, 2.05) is 7.05 Å². The van der Waals surface area contributed by atoms with Crippen molar-refractivity contribution in [3.8, 4) is 0 Å². The first-order valence-electron chi connectivity index (χ1n) is 2.54. The van der Waals surface area contributed by atoms with Crippen LogP contribution in [0.4, 0.5) is 0 Å². The second-order valence-electron chi connectivity index (χ2n) is 1.67. The Morgan fingerprint density at radius 3 is 2.43 bits per heavy atom. The van der Waals surface area contributed by atoms with Crippen LogP contribution in [0.5, 0.6) is 0 Å². The number of alkyl halides is 1. The van der Waals surface area contributed by atoms with E-state index in [0.29, 0.717) is 6.04 Å². The highest BCUT2D eigenvalue weighted by Crippen LogP contribution is 1.89. The Balaban J connectivity index is 2.83. The van der Waals surface area contributed by atoms with Crippen molar-refractivity contribution < 1.29 is 0 Å². The molecule has 7 heavy (non-hydrogen) atoms. The van der Waals surface area contributed by atoms with Gasteiger partial charge in [-0.2, -0.15) is 0 Å². The number of halogens is 1. The predicted octanol–water partition coefficient (Wildman–Crippen LogP) is 1.22. The molecule has 1 atom stereocenters. The van der Waals surface area contributed by atoms with Gasteiger partial charge in [-0.05, 0) is 20.4 Å². The van der Waals surface area contributed by atoms with Gasteiger partial charge < -0.3 is 5.32 Å². The van der Waals surface area contributed by atoms with E-state index in [0.717, 1.165) is 12.3 Å². The SMILES string of the molecule is CN[C@H](C)CCCl. The third kappa shape index (κ3) is 4.10. The molecule has 0 aromatic rings. The van der Waals surface area contributed by atoms with Crippen LogP contribution in [0.25, 0.3) is 0 Å². The third-order valence-corrected chi connectivity index (χ3v) is 1.25. The van der Waals surface area contributed by atoms with Crippen molar-refractivity contribution in [1.82, 2.24) is 5.32 Å². The molecule has 0 heterocycles. The van der Waals surface area contributed by atoms with Gasteiger partial charge in [-0.15, -0.1) is 11.6 Å². The van der Waals surface area contributed by atoms with Crippen molar-refractivity contribution in [2.45, 2.75) is 19.4 Å². The molecule has 0 rings (SSSR count). The van der Waals surface area contributed by atoms with E-state index in [9.17, 15) is 0 Å². The summed E-state index contributed by atoms with van der Waals surface area (Å²) in [5, 5.41) is 3.08. The van der Waals surface area contributed by atoms with Gasteiger partial charge in [0, 0.05) is 11.9 Å². The maximum atomic E-state index is 5.44. The van der Waals surface area contributed by atoms with Crippen molar-refractivity contribution in [3.05, 3.63) is 0 Å². The minimum absolute atomic E-state index is 0.567. The van der Waals surface area contributed by atoms with E-state index >= 15 is 0 Å². The predicted molar refractivity (Wildman–Crippen MR) is 33.9 cm³/mol. The summed E-state index contributed by atoms with van der Waals surface area (Å²) < 4.78 is 0. The molecule has 0 aliphatic rings. The molecule has 44 valence electrons. The Hall–Kier alpha value is 0.250. The van der Waals surface area contributed by atoms with Crippen LogP contribution in [0.2, 0.25) is 0 Å². The summed E-state index contributed by atoms with van der Waals surface area (Å²) in [7, 11) is 1.94. The average Bonchev–Trinajstić information content (AvgIpc) is 1.68. The molecule has 1 N–H and O–H groups in total. The van der Waals surface area contributed by atoms with E-state index in [-0.39, 0.29) is 0 Å². The Labute approximate surface area is 50.1 Å². The summed E-state index contributed by atoms with van der Waals surface area (Å²) >= 11 is 5.44. The molecule has 0 aliphatic carbocycles. The lowest BCUT2D eigenvalue weighted by Crippen LogP contribution is -2.21. The molecule has 2 heteroatoms. The molecule has 0 aliphatic heterocycles. The molecule has 0 saturated heterocycles. The molecule has 0 saturated carbocycles. The Morgan fingerprint density at radius 2 is 2.29 bits per heavy atom. The van der Waals surface area contributed by atoms with Crippen LogP contribution in [0.15, 0.2) is 0 Å². The van der Waals surface area contributed by atoms with Crippen molar-refractivity contribution >= 4 is 11.6 Å². The van der Waals surface area contributed by atoms with Crippen LogP contribution in [0.1, 0.15) is 13.3 Å². The van der Waals surface area contributed by atoms with Crippen LogP contribution >= 0.6 is 11.6 Å². The van der Waals surface area contributed by atoms with Crippen LogP contribution in [0, 0.1) is 0 Å². The second-order valence-corrected chi connectivity index (χ2v) is 2.05. The molecule has 0 unspecified atom stereocenters. The summed E-state index contributed by atoms with van der Waals surface area (Å²) in [5.41, 5.74) is 0.